The number of furan rings is 1. The topological polar surface area (TPSA) is 88.9 Å². The first-order valence-electron chi connectivity index (χ1n) is 8.88. The number of amides is 2. The fraction of sp³-hybridized carbons (Fsp3) is 0.611. The van der Waals surface area contributed by atoms with Gasteiger partial charge in [0.05, 0.1) is 18.7 Å². The van der Waals surface area contributed by atoms with E-state index < -0.39 is 11.9 Å². The van der Waals surface area contributed by atoms with Crippen LogP contribution in [0.3, 0.4) is 0 Å². The Bertz CT molecular complexity index is 607. The van der Waals surface area contributed by atoms with Gasteiger partial charge in [-0.05, 0) is 25.0 Å². The second kappa shape index (κ2) is 8.18. The number of esters is 1. The molecule has 1 aliphatic heterocycles. The van der Waals surface area contributed by atoms with Crippen molar-refractivity contribution in [1.82, 2.24) is 10.2 Å². The van der Waals surface area contributed by atoms with Gasteiger partial charge in [-0.2, -0.15) is 0 Å². The average molecular weight is 348 g/mol. The summed E-state index contributed by atoms with van der Waals surface area (Å²) in [5.41, 5.74) is 0. The maximum atomic E-state index is 12.1. The molecular formula is C18H24N2O5. The molecule has 0 bridgehead atoms. The van der Waals surface area contributed by atoms with Gasteiger partial charge >= 0.3 is 5.97 Å². The van der Waals surface area contributed by atoms with E-state index in [0.717, 1.165) is 25.7 Å². The van der Waals surface area contributed by atoms with Gasteiger partial charge in [-0.25, -0.2) is 0 Å². The minimum absolute atomic E-state index is 0.106. The third-order valence-corrected chi connectivity index (χ3v) is 4.79. The number of nitrogens with one attached hydrogen (secondary N) is 1. The molecule has 0 aromatic carbocycles. The molecule has 0 spiro atoms. The van der Waals surface area contributed by atoms with Gasteiger partial charge in [-0.15, -0.1) is 0 Å². The summed E-state index contributed by atoms with van der Waals surface area (Å²) in [5.74, 6) is -0.713. The predicted molar refractivity (Wildman–Crippen MR) is 88.2 cm³/mol. The van der Waals surface area contributed by atoms with Crippen molar-refractivity contribution in [2.75, 3.05) is 13.2 Å². The summed E-state index contributed by atoms with van der Waals surface area (Å²) >= 11 is 0. The van der Waals surface area contributed by atoms with E-state index in [0.29, 0.717) is 18.8 Å². The van der Waals surface area contributed by atoms with Crippen LogP contribution in [0.2, 0.25) is 0 Å². The van der Waals surface area contributed by atoms with Crippen LogP contribution < -0.4 is 5.32 Å². The fourth-order valence-electron chi connectivity index (χ4n) is 3.44. The summed E-state index contributed by atoms with van der Waals surface area (Å²) in [4.78, 5) is 37.6. The number of carbonyl (C=O) groups is 3. The van der Waals surface area contributed by atoms with Crippen molar-refractivity contribution >= 4 is 17.8 Å². The Morgan fingerprint density at radius 3 is 2.80 bits per heavy atom. The Labute approximate surface area is 146 Å². The van der Waals surface area contributed by atoms with Gasteiger partial charge in [0.25, 0.3) is 5.91 Å². The minimum Gasteiger partial charge on any atom is -0.467 e. The van der Waals surface area contributed by atoms with Gasteiger partial charge < -0.3 is 19.4 Å². The quantitative estimate of drug-likeness (QED) is 0.789. The largest absolute Gasteiger partial charge is 0.467 e. The summed E-state index contributed by atoms with van der Waals surface area (Å²) in [6, 6.07) is 3.73. The summed E-state index contributed by atoms with van der Waals surface area (Å²) in [6.07, 6.45) is 7.10. The first-order valence-corrected chi connectivity index (χ1v) is 8.88. The van der Waals surface area contributed by atoms with Crippen LogP contribution in [0.15, 0.2) is 22.8 Å². The zero-order valence-electron chi connectivity index (χ0n) is 14.2. The molecule has 2 amide bonds. The second-order valence-electron chi connectivity index (χ2n) is 6.76. The molecule has 2 fully saturated rings. The van der Waals surface area contributed by atoms with E-state index in [2.05, 4.69) is 5.32 Å². The van der Waals surface area contributed by atoms with E-state index in [9.17, 15) is 14.4 Å². The molecule has 1 atom stereocenters. The second-order valence-corrected chi connectivity index (χ2v) is 6.76. The van der Waals surface area contributed by atoms with Gasteiger partial charge in [0.1, 0.15) is 5.76 Å². The van der Waals surface area contributed by atoms with E-state index in [1.54, 1.807) is 23.3 Å². The summed E-state index contributed by atoms with van der Waals surface area (Å²) in [7, 11) is 0. The third-order valence-electron chi connectivity index (χ3n) is 4.79. The van der Waals surface area contributed by atoms with Gasteiger partial charge in [0.15, 0.2) is 6.61 Å². The van der Waals surface area contributed by atoms with Crippen LogP contribution in [0.4, 0.5) is 0 Å². The summed E-state index contributed by atoms with van der Waals surface area (Å²) in [6.45, 7) is 0.360. The van der Waals surface area contributed by atoms with Crippen LogP contribution in [-0.4, -0.2) is 41.9 Å². The standard InChI is InChI=1S/C18H24N2O5/c21-16(19-14-5-2-1-3-6-14)12-25-18(23)13-9-17(22)20(10-13)11-15-7-4-8-24-15/h4,7-8,13-14H,1-3,5-6,9-12H2,(H,19,21)/t13-/m1/s1. The van der Waals surface area contributed by atoms with Gasteiger partial charge in [0, 0.05) is 19.0 Å². The SMILES string of the molecule is O=C(COC(=O)[C@@H]1CC(=O)N(Cc2ccco2)C1)NC1CCCCC1. The molecule has 1 N–H and O–H groups in total. The predicted octanol–water partition coefficient (Wildman–Crippen LogP) is 1.62. The Morgan fingerprint density at radius 1 is 1.28 bits per heavy atom. The molecular weight excluding hydrogens is 324 g/mol. The minimum atomic E-state index is -0.523. The van der Waals surface area contributed by atoms with Crippen LogP contribution in [0, 0.1) is 5.92 Å². The Hall–Kier alpha value is -2.31. The van der Waals surface area contributed by atoms with E-state index in [1.165, 1.54) is 6.42 Å². The smallest absolute Gasteiger partial charge is 0.311 e. The van der Waals surface area contributed by atoms with E-state index in [1.807, 2.05) is 0 Å². The molecule has 0 unspecified atom stereocenters. The van der Waals surface area contributed by atoms with E-state index in [-0.39, 0.29) is 30.9 Å². The van der Waals surface area contributed by atoms with Crippen molar-refractivity contribution in [2.24, 2.45) is 5.92 Å². The number of carbonyl (C=O) groups excluding carboxylic acids is 3. The van der Waals surface area contributed by atoms with Crippen LogP contribution in [0.25, 0.3) is 0 Å². The third kappa shape index (κ3) is 4.84. The van der Waals surface area contributed by atoms with Crippen molar-refractivity contribution in [3.8, 4) is 0 Å². The average Bonchev–Trinajstić information content (AvgIpc) is 3.24. The Morgan fingerprint density at radius 2 is 2.08 bits per heavy atom. The van der Waals surface area contributed by atoms with E-state index in [4.69, 9.17) is 9.15 Å². The van der Waals surface area contributed by atoms with Crippen LogP contribution >= 0.6 is 0 Å². The Balaban J connectivity index is 1.40. The highest BCUT2D eigenvalue weighted by Gasteiger charge is 2.36. The van der Waals surface area contributed by atoms with Crippen molar-refractivity contribution in [3.05, 3.63) is 24.2 Å². The first kappa shape index (κ1) is 17.5. The van der Waals surface area contributed by atoms with Crippen LogP contribution in [0.1, 0.15) is 44.3 Å². The highest BCUT2D eigenvalue weighted by atomic mass is 16.5. The number of nitrogens with zero attached hydrogens (tertiary/aromatic N) is 1. The zero-order chi connectivity index (χ0) is 17.6. The Kier molecular flexibility index (Phi) is 5.73. The molecule has 1 aromatic rings. The van der Waals surface area contributed by atoms with Gasteiger partial charge in [-0.1, -0.05) is 19.3 Å². The lowest BCUT2D eigenvalue weighted by Gasteiger charge is -2.22. The fourth-order valence-corrected chi connectivity index (χ4v) is 3.44. The summed E-state index contributed by atoms with van der Waals surface area (Å²) in [5, 5.41) is 2.91. The van der Waals surface area contributed by atoms with Crippen LogP contribution in [0.5, 0.6) is 0 Å². The van der Waals surface area contributed by atoms with E-state index >= 15 is 0 Å². The number of ether oxygens (including phenoxy) is 1. The number of hydrogen-bond acceptors (Lipinski definition) is 5. The molecule has 0 radical (unpaired) electrons. The number of likely N-dealkylation sites (tertiary alicyclic amines) is 1. The summed E-state index contributed by atoms with van der Waals surface area (Å²) < 4.78 is 10.3. The lowest BCUT2D eigenvalue weighted by Crippen LogP contribution is -2.39. The van der Waals surface area contributed by atoms with Gasteiger partial charge in [0.2, 0.25) is 5.91 Å². The maximum Gasteiger partial charge on any atom is 0.311 e. The normalized spacial score (nSPS) is 21.4. The molecule has 2 aliphatic rings. The number of rotatable bonds is 6. The molecule has 1 saturated carbocycles. The highest BCUT2D eigenvalue weighted by molar-refractivity contribution is 5.88. The van der Waals surface area contributed by atoms with Crippen LogP contribution in [-0.2, 0) is 25.7 Å². The molecule has 2 heterocycles. The molecule has 1 aromatic heterocycles. The van der Waals surface area contributed by atoms with Crippen molar-refractivity contribution in [3.63, 3.8) is 0 Å². The van der Waals surface area contributed by atoms with Crippen molar-refractivity contribution < 1.29 is 23.5 Å². The molecule has 136 valence electrons. The molecule has 3 rings (SSSR count). The van der Waals surface area contributed by atoms with Gasteiger partial charge in [-0.3, -0.25) is 14.4 Å². The van der Waals surface area contributed by atoms with Crippen molar-refractivity contribution in [1.29, 1.82) is 0 Å². The number of hydrogen-bond donors (Lipinski definition) is 1. The molecule has 7 heteroatoms. The monoisotopic (exact) mass is 348 g/mol. The molecule has 7 nitrogen and oxygen atoms in total. The lowest BCUT2D eigenvalue weighted by atomic mass is 9.95. The molecule has 1 aliphatic carbocycles. The molecule has 1 saturated heterocycles. The first-order chi connectivity index (χ1) is 12.1. The molecule has 25 heavy (non-hydrogen) atoms. The highest BCUT2D eigenvalue weighted by Crippen LogP contribution is 2.21. The maximum absolute atomic E-state index is 12.1. The lowest BCUT2D eigenvalue weighted by molar-refractivity contribution is -0.152. The van der Waals surface area contributed by atoms with Crippen molar-refractivity contribution in [2.45, 2.75) is 51.1 Å². The zero-order valence-corrected chi connectivity index (χ0v) is 14.2.